The lowest BCUT2D eigenvalue weighted by atomic mass is 10.5. The highest BCUT2D eigenvalue weighted by Crippen LogP contribution is 2.10. The van der Waals surface area contributed by atoms with Crippen molar-refractivity contribution in [2.45, 2.75) is 6.92 Å². The molecule has 3 aromatic rings. The predicted molar refractivity (Wildman–Crippen MR) is 88.5 cm³/mol. The van der Waals surface area contributed by atoms with Gasteiger partial charge in [-0.25, -0.2) is 9.97 Å². The Morgan fingerprint density at radius 1 is 0.952 bits per heavy atom. The summed E-state index contributed by atoms with van der Waals surface area (Å²) in [5.74, 6) is 0.719. The van der Waals surface area contributed by atoms with Gasteiger partial charge < -0.3 is 0 Å². The van der Waals surface area contributed by atoms with Gasteiger partial charge in [0.1, 0.15) is 5.15 Å². The second-order valence-corrected chi connectivity index (χ2v) is 6.13. The fourth-order valence-electron chi connectivity index (χ4n) is 1.29. The number of aromatic nitrogens is 5. The van der Waals surface area contributed by atoms with E-state index in [2.05, 4.69) is 52.0 Å². The van der Waals surface area contributed by atoms with E-state index in [0.29, 0.717) is 5.15 Å². The fourth-order valence-corrected chi connectivity index (χ4v) is 1.87. The Bertz CT molecular complexity index is 676. The molecule has 0 saturated carbocycles. The van der Waals surface area contributed by atoms with Crippen LogP contribution in [0.3, 0.4) is 0 Å². The molecule has 108 valence electrons. The molecule has 0 saturated heterocycles. The molecule has 0 aliphatic rings. The van der Waals surface area contributed by atoms with E-state index in [4.69, 9.17) is 11.6 Å². The highest BCUT2D eigenvalue weighted by Gasteiger charge is 1.99. The molecule has 0 unspecified atom stereocenters. The molecule has 8 heteroatoms. The number of halogens is 3. The van der Waals surface area contributed by atoms with Gasteiger partial charge >= 0.3 is 0 Å². The molecule has 0 N–H and O–H groups in total. The van der Waals surface area contributed by atoms with E-state index in [9.17, 15) is 0 Å². The van der Waals surface area contributed by atoms with Crippen LogP contribution in [0.15, 0.2) is 51.8 Å². The minimum absolute atomic E-state index is 0.521. The van der Waals surface area contributed by atoms with Crippen LogP contribution in [0.25, 0.3) is 5.82 Å². The van der Waals surface area contributed by atoms with Gasteiger partial charge in [0.2, 0.25) is 0 Å². The maximum atomic E-state index is 5.48. The summed E-state index contributed by atoms with van der Waals surface area (Å²) in [6.07, 6.45) is 5.07. The van der Waals surface area contributed by atoms with E-state index >= 15 is 0 Å². The summed E-state index contributed by atoms with van der Waals surface area (Å²) in [7, 11) is 0. The van der Waals surface area contributed by atoms with Gasteiger partial charge in [-0.3, -0.25) is 0 Å². The van der Waals surface area contributed by atoms with E-state index < -0.39 is 0 Å². The first-order valence-electron chi connectivity index (χ1n) is 5.82. The number of nitrogens with zero attached hydrogens (tertiary/aromatic N) is 5. The van der Waals surface area contributed by atoms with E-state index in [1.54, 1.807) is 24.7 Å². The standard InChI is InChI=1S/C8H7BrN4.C5H3BrClN/c1-6-4-11-13(12-6)8-3-2-7(9)5-10-8;6-4-1-2-5(7)8-3-4/h2-5H,1H3;1-3H. The minimum atomic E-state index is 0.521. The molecule has 0 atom stereocenters. The van der Waals surface area contributed by atoms with Gasteiger partial charge in [0.15, 0.2) is 5.82 Å². The van der Waals surface area contributed by atoms with Crippen molar-refractivity contribution in [2.24, 2.45) is 0 Å². The van der Waals surface area contributed by atoms with Gasteiger partial charge in [0.25, 0.3) is 0 Å². The first-order valence-corrected chi connectivity index (χ1v) is 7.79. The van der Waals surface area contributed by atoms with Crippen molar-refractivity contribution < 1.29 is 0 Å². The molecule has 5 nitrogen and oxygen atoms in total. The Morgan fingerprint density at radius 3 is 2.05 bits per heavy atom. The molecule has 3 rings (SSSR count). The summed E-state index contributed by atoms with van der Waals surface area (Å²) in [4.78, 5) is 9.45. The zero-order valence-electron chi connectivity index (χ0n) is 10.9. The second-order valence-electron chi connectivity index (χ2n) is 3.91. The number of hydrogen-bond donors (Lipinski definition) is 0. The van der Waals surface area contributed by atoms with Crippen LogP contribution in [-0.2, 0) is 0 Å². The first-order chi connectivity index (χ1) is 10.0. The lowest BCUT2D eigenvalue weighted by Crippen LogP contribution is -2.00. The summed E-state index contributed by atoms with van der Waals surface area (Å²) in [6.45, 7) is 1.89. The van der Waals surface area contributed by atoms with Crippen LogP contribution in [0, 0.1) is 6.92 Å². The number of aryl methyl sites for hydroxylation is 1. The van der Waals surface area contributed by atoms with Crippen LogP contribution in [0.5, 0.6) is 0 Å². The minimum Gasteiger partial charge on any atom is -0.243 e. The zero-order valence-corrected chi connectivity index (χ0v) is 14.8. The molecule has 0 aliphatic heterocycles. The van der Waals surface area contributed by atoms with Crippen LogP contribution in [-0.4, -0.2) is 25.0 Å². The summed E-state index contributed by atoms with van der Waals surface area (Å²) in [6, 6.07) is 7.32. The van der Waals surface area contributed by atoms with Crippen molar-refractivity contribution >= 4 is 43.5 Å². The Morgan fingerprint density at radius 2 is 1.62 bits per heavy atom. The van der Waals surface area contributed by atoms with E-state index in [0.717, 1.165) is 20.5 Å². The van der Waals surface area contributed by atoms with Gasteiger partial charge in [-0.1, -0.05) is 11.6 Å². The summed E-state index contributed by atoms with van der Waals surface area (Å²) < 4.78 is 1.89. The zero-order chi connectivity index (χ0) is 15.2. The van der Waals surface area contributed by atoms with Crippen LogP contribution < -0.4 is 0 Å². The highest BCUT2D eigenvalue weighted by molar-refractivity contribution is 9.10. The lowest BCUT2D eigenvalue weighted by Gasteiger charge is -1.96. The number of pyridine rings is 2. The van der Waals surface area contributed by atoms with Crippen molar-refractivity contribution in [3.05, 3.63) is 62.6 Å². The predicted octanol–water partition coefficient (Wildman–Crippen LogP) is 4.23. The summed E-state index contributed by atoms with van der Waals surface area (Å²) in [5.41, 5.74) is 0.879. The van der Waals surface area contributed by atoms with Crippen LogP contribution >= 0.6 is 43.5 Å². The molecule has 0 radical (unpaired) electrons. The normalized spacial score (nSPS) is 9.90. The maximum Gasteiger partial charge on any atom is 0.174 e. The topological polar surface area (TPSA) is 56.5 Å². The summed E-state index contributed by atoms with van der Waals surface area (Å²) in [5, 5.41) is 8.70. The average Bonchev–Trinajstić information content (AvgIpc) is 2.90. The summed E-state index contributed by atoms with van der Waals surface area (Å²) >= 11 is 12.0. The third-order valence-corrected chi connectivity index (χ3v) is 3.38. The molecular formula is C13H10Br2ClN5. The van der Waals surface area contributed by atoms with Crippen molar-refractivity contribution in [2.75, 3.05) is 0 Å². The largest absolute Gasteiger partial charge is 0.243 e. The number of rotatable bonds is 1. The quantitative estimate of drug-likeness (QED) is 0.541. The molecule has 0 aromatic carbocycles. The smallest absolute Gasteiger partial charge is 0.174 e. The second kappa shape index (κ2) is 7.63. The van der Waals surface area contributed by atoms with E-state index in [1.807, 2.05) is 25.1 Å². The fraction of sp³-hybridized carbons (Fsp3) is 0.0769. The maximum absolute atomic E-state index is 5.48. The molecule has 0 amide bonds. The van der Waals surface area contributed by atoms with Gasteiger partial charge in [0.05, 0.1) is 11.9 Å². The lowest BCUT2D eigenvalue weighted by molar-refractivity contribution is 0.723. The first kappa shape index (κ1) is 16.1. The Balaban J connectivity index is 0.000000173. The molecule has 3 heterocycles. The highest BCUT2D eigenvalue weighted by atomic mass is 79.9. The van der Waals surface area contributed by atoms with Crippen molar-refractivity contribution in [1.29, 1.82) is 0 Å². The van der Waals surface area contributed by atoms with Crippen molar-refractivity contribution in [3.63, 3.8) is 0 Å². The van der Waals surface area contributed by atoms with Gasteiger partial charge in [-0.2, -0.15) is 10.2 Å². The third kappa shape index (κ3) is 5.18. The monoisotopic (exact) mass is 429 g/mol. The third-order valence-electron chi connectivity index (χ3n) is 2.21. The van der Waals surface area contributed by atoms with Crippen LogP contribution in [0.2, 0.25) is 5.15 Å². The molecule has 21 heavy (non-hydrogen) atoms. The molecule has 0 fully saturated rings. The van der Waals surface area contributed by atoms with Gasteiger partial charge in [-0.15, -0.1) is 4.80 Å². The van der Waals surface area contributed by atoms with Crippen LogP contribution in [0.4, 0.5) is 0 Å². The van der Waals surface area contributed by atoms with E-state index in [1.165, 1.54) is 4.80 Å². The Kier molecular flexibility index (Phi) is 5.84. The van der Waals surface area contributed by atoms with Crippen molar-refractivity contribution in [1.82, 2.24) is 25.0 Å². The Labute approximate surface area is 143 Å². The number of hydrogen-bond acceptors (Lipinski definition) is 4. The van der Waals surface area contributed by atoms with Crippen molar-refractivity contribution in [3.8, 4) is 5.82 Å². The average molecular weight is 432 g/mol. The molecule has 0 aliphatic carbocycles. The van der Waals surface area contributed by atoms with Gasteiger partial charge in [0, 0.05) is 21.3 Å². The molecular weight excluding hydrogens is 421 g/mol. The van der Waals surface area contributed by atoms with Gasteiger partial charge in [-0.05, 0) is 63.0 Å². The molecule has 0 spiro atoms. The molecule has 0 bridgehead atoms. The van der Waals surface area contributed by atoms with Crippen LogP contribution in [0.1, 0.15) is 5.69 Å². The Hall–Kier alpha value is -1.31. The van der Waals surface area contributed by atoms with E-state index in [-0.39, 0.29) is 0 Å². The molecule has 3 aromatic heterocycles. The SMILES string of the molecule is Cc1cnn(-c2ccc(Br)cn2)n1.Clc1ccc(Br)cn1.